The zero-order valence-electron chi connectivity index (χ0n) is 11.2. The molecule has 1 amide bonds. The van der Waals surface area contributed by atoms with Gasteiger partial charge in [0.15, 0.2) is 0 Å². The van der Waals surface area contributed by atoms with E-state index in [1.54, 1.807) is 19.2 Å². The summed E-state index contributed by atoms with van der Waals surface area (Å²) < 4.78 is 5.16. The Kier molecular flexibility index (Phi) is 3.09. The smallest absolute Gasteiger partial charge is 0.228 e. The van der Waals surface area contributed by atoms with E-state index in [0.717, 1.165) is 5.69 Å². The molecular weight excluding hydrogens is 240 g/mol. The highest BCUT2D eigenvalue weighted by atomic mass is 16.5. The maximum Gasteiger partial charge on any atom is 0.228 e. The van der Waals surface area contributed by atoms with Crippen molar-refractivity contribution in [2.24, 2.45) is 17.8 Å². The van der Waals surface area contributed by atoms with Gasteiger partial charge < -0.3 is 15.8 Å². The number of anilines is 2. The van der Waals surface area contributed by atoms with Crippen molar-refractivity contribution in [3.63, 3.8) is 0 Å². The third-order valence-corrected chi connectivity index (χ3v) is 4.46. The molecular formula is C15H20N2O2. The Morgan fingerprint density at radius 3 is 2.63 bits per heavy atom. The molecule has 3 N–H and O–H groups in total. The minimum atomic E-state index is 0.156. The van der Waals surface area contributed by atoms with Crippen molar-refractivity contribution in [1.29, 1.82) is 0 Å². The van der Waals surface area contributed by atoms with E-state index in [-0.39, 0.29) is 11.8 Å². The van der Waals surface area contributed by atoms with E-state index in [1.165, 1.54) is 25.7 Å². The van der Waals surface area contributed by atoms with E-state index in [2.05, 4.69) is 5.32 Å². The van der Waals surface area contributed by atoms with E-state index < -0.39 is 0 Å². The van der Waals surface area contributed by atoms with Crippen molar-refractivity contribution in [2.75, 3.05) is 18.2 Å². The second-order valence-electron chi connectivity index (χ2n) is 5.58. The van der Waals surface area contributed by atoms with Crippen molar-refractivity contribution in [3.8, 4) is 5.75 Å². The second kappa shape index (κ2) is 4.76. The fourth-order valence-electron chi connectivity index (χ4n) is 3.40. The predicted molar refractivity (Wildman–Crippen MR) is 75.0 cm³/mol. The molecule has 1 aromatic carbocycles. The number of rotatable bonds is 3. The lowest BCUT2D eigenvalue weighted by molar-refractivity contribution is -0.117. The number of benzene rings is 1. The first-order chi connectivity index (χ1) is 9.20. The predicted octanol–water partition coefficient (Wildman–Crippen LogP) is 2.65. The molecule has 2 aliphatic rings. The SMILES string of the molecule is COc1cc(NC(=O)C2C3CCCCC32)ccc1N. The molecule has 0 aliphatic heterocycles. The number of methoxy groups -OCH3 is 1. The van der Waals surface area contributed by atoms with E-state index in [4.69, 9.17) is 10.5 Å². The first kappa shape index (κ1) is 12.3. The van der Waals surface area contributed by atoms with E-state index in [0.29, 0.717) is 23.3 Å². The lowest BCUT2D eigenvalue weighted by Crippen LogP contribution is -2.15. The van der Waals surface area contributed by atoms with Crippen LogP contribution in [-0.2, 0) is 4.79 Å². The molecule has 2 atom stereocenters. The molecule has 0 saturated heterocycles. The van der Waals surface area contributed by atoms with Crippen LogP contribution in [-0.4, -0.2) is 13.0 Å². The third kappa shape index (κ3) is 2.27. The zero-order chi connectivity index (χ0) is 13.4. The minimum absolute atomic E-state index is 0.156. The van der Waals surface area contributed by atoms with Gasteiger partial charge in [-0.25, -0.2) is 0 Å². The van der Waals surface area contributed by atoms with Crippen molar-refractivity contribution < 1.29 is 9.53 Å². The fraction of sp³-hybridized carbons (Fsp3) is 0.533. The van der Waals surface area contributed by atoms with Crippen LogP contribution in [0.3, 0.4) is 0 Å². The summed E-state index contributed by atoms with van der Waals surface area (Å²) in [6, 6.07) is 5.36. The van der Waals surface area contributed by atoms with Crippen LogP contribution >= 0.6 is 0 Å². The molecule has 0 spiro atoms. The summed E-state index contributed by atoms with van der Waals surface area (Å²) in [5.74, 6) is 2.25. The molecule has 2 saturated carbocycles. The molecule has 0 radical (unpaired) electrons. The van der Waals surface area contributed by atoms with Crippen LogP contribution in [0.15, 0.2) is 18.2 Å². The number of hydrogen-bond acceptors (Lipinski definition) is 3. The number of carbonyl (C=O) groups excluding carboxylic acids is 1. The van der Waals surface area contributed by atoms with Gasteiger partial charge in [-0.15, -0.1) is 0 Å². The molecule has 0 bridgehead atoms. The Morgan fingerprint density at radius 1 is 1.32 bits per heavy atom. The van der Waals surface area contributed by atoms with Crippen LogP contribution in [0.5, 0.6) is 5.75 Å². The molecule has 102 valence electrons. The summed E-state index contributed by atoms with van der Waals surface area (Å²) in [6.45, 7) is 0. The normalized spacial score (nSPS) is 28.4. The van der Waals surface area contributed by atoms with Gasteiger partial charge in [-0.1, -0.05) is 12.8 Å². The van der Waals surface area contributed by atoms with Crippen molar-refractivity contribution in [3.05, 3.63) is 18.2 Å². The molecule has 0 heterocycles. The first-order valence-corrected chi connectivity index (χ1v) is 6.95. The number of ether oxygens (including phenoxy) is 1. The van der Waals surface area contributed by atoms with Gasteiger partial charge >= 0.3 is 0 Å². The summed E-state index contributed by atoms with van der Waals surface area (Å²) in [5.41, 5.74) is 7.11. The maximum atomic E-state index is 12.2. The Hall–Kier alpha value is -1.71. The highest BCUT2D eigenvalue weighted by Crippen LogP contribution is 2.55. The Labute approximate surface area is 113 Å². The standard InChI is InChI=1S/C15H20N2O2/c1-19-13-8-9(6-7-12(13)16)17-15(18)14-10-4-2-3-5-11(10)14/h6-8,10-11,14H,2-5,16H2,1H3,(H,17,18). The maximum absolute atomic E-state index is 12.2. The van der Waals surface area contributed by atoms with Crippen LogP contribution < -0.4 is 15.8 Å². The number of hydrogen-bond donors (Lipinski definition) is 2. The van der Waals surface area contributed by atoms with Gasteiger partial charge in [-0.3, -0.25) is 4.79 Å². The van der Waals surface area contributed by atoms with Gasteiger partial charge in [0.25, 0.3) is 0 Å². The molecule has 19 heavy (non-hydrogen) atoms. The quantitative estimate of drug-likeness (QED) is 0.821. The second-order valence-corrected chi connectivity index (χ2v) is 5.58. The number of nitrogen functional groups attached to an aromatic ring is 1. The van der Waals surface area contributed by atoms with Gasteiger partial charge in [-0.05, 0) is 36.8 Å². The van der Waals surface area contributed by atoms with Crippen LogP contribution in [0, 0.1) is 17.8 Å². The summed E-state index contributed by atoms with van der Waals surface area (Å²) in [4.78, 5) is 12.2. The third-order valence-electron chi connectivity index (χ3n) is 4.46. The van der Waals surface area contributed by atoms with E-state index >= 15 is 0 Å². The van der Waals surface area contributed by atoms with E-state index in [1.807, 2.05) is 6.07 Å². The van der Waals surface area contributed by atoms with Crippen LogP contribution in [0.1, 0.15) is 25.7 Å². The van der Waals surface area contributed by atoms with E-state index in [9.17, 15) is 4.79 Å². The first-order valence-electron chi connectivity index (χ1n) is 6.95. The number of nitrogens with one attached hydrogen (secondary N) is 1. The molecule has 4 nitrogen and oxygen atoms in total. The van der Waals surface area contributed by atoms with Gasteiger partial charge in [0.05, 0.1) is 12.8 Å². The van der Waals surface area contributed by atoms with Crippen LogP contribution in [0.25, 0.3) is 0 Å². The topological polar surface area (TPSA) is 64.3 Å². The summed E-state index contributed by atoms with van der Waals surface area (Å²) in [7, 11) is 1.58. The van der Waals surface area contributed by atoms with Gasteiger partial charge in [-0.2, -0.15) is 0 Å². The fourth-order valence-corrected chi connectivity index (χ4v) is 3.40. The zero-order valence-corrected chi connectivity index (χ0v) is 11.2. The van der Waals surface area contributed by atoms with Crippen molar-refractivity contribution >= 4 is 17.3 Å². The van der Waals surface area contributed by atoms with Crippen molar-refractivity contribution in [2.45, 2.75) is 25.7 Å². The highest BCUT2D eigenvalue weighted by Gasteiger charge is 2.54. The lowest BCUT2D eigenvalue weighted by Gasteiger charge is -2.09. The van der Waals surface area contributed by atoms with Gasteiger partial charge in [0.1, 0.15) is 5.75 Å². The molecule has 2 unspecified atom stereocenters. The summed E-state index contributed by atoms with van der Waals surface area (Å²) >= 11 is 0. The number of amides is 1. The Morgan fingerprint density at radius 2 is 2.00 bits per heavy atom. The number of fused-ring (bicyclic) bond motifs is 1. The largest absolute Gasteiger partial charge is 0.495 e. The average molecular weight is 260 g/mol. The summed E-state index contributed by atoms with van der Waals surface area (Å²) in [5, 5.41) is 2.99. The molecule has 3 rings (SSSR count). The minimum Gasteiger partial charge on any atom is -0.495 e. The van der Waals surface area contributed by atoms with Gasteiger partial charge in [0.2, 0.25) is 5.91 Å². The molecule has 2 fully saturated rings. The number of carbonyl (C=O) groups is 1. The van der Waals surface area contributed by atoms with Gasteiger partial charge in [0, 0.05) is 17.7 Å². The summed E-state index contributed by atoms with van der Waals surface area (Å²) in [6.07, 6.45) is 4.99. The molecule has 2 aliphatic carbocycles. The number of nitrogens with two attached hydrogens (primary N) is 1. The van der Waals surface area contributed by atoms with Crippen molar-refractivity contribution in [1.82, 2.24) is 0 Å². The Balaban J connectivity index is 1.67. The average Bonchev–Trinajstić information content (AvgIpc) is 3.15. The molecule has 0 aromatic heterocycles. The van der Waals surface area contributed by atoms with Crippen LogP contribution in [0.2, 0.25) is 0 Å². The molecule has 1 aromatic rings. The Bertz CT molecular complexity index is 489. The lowest BCUT2D eigenvalue weighted by atomic mass is 10.0. The highest BCUT2D eigenvalue weighted by molar-refractivity contribution is 5.95. The molecule has 4 heteroatoms. The van der Waals surface area contributed by atoms with Crippen LogP contribution in [0.4, 0.5) is 11.4 Å². The monoisotopic (exact) mass is 260 g/mol.